The van der Waals surface area contributed by atoms with Crippen LogP contribution in [0.15, 0.2) is 0 Å². The van der Waals surface area contributed by atoms with Crippen molar-refractivity contribution >= 4 is 0 Å². The molecule has 0 amide bonds. The second-order valence-corrected chi connectivity index (χ2v) is 4.63. The van der Waals surface area contributed by atoms with Gasteiger partial charge in [-0.05, 0) is 18.8 Å². The third-order valence-electron chi connectivity index (χ3n) is 2.28. The summed E-state index contributed by atoms with van der Waals surface area (Å²) in [7, 11) is 0. The van der Waals surface area contributed by atoms with Gasteiger partial charge in [-0.25, -0.2) is 0 Å². The molecule has 0 radical (unpaired) electrons. The maximum atomic E-state index is 5.68. The van der Waals surface area contributed by atoms with E-state index in [0.29, 0.717) is 13.2 Å². The Balaban J connectivity index is 3.28. The molecule has 14 heavy (non-hydrogen) atoms. The molecule has 0 rings (SSSR count). The zero-order chi connectivity index (χ0) is 11.0. The van der Waals surface area contributed by atoms with Crippen molar-refractivity contribution in [2.24, 2.45) is 11.1 Å². The second kappa shape index (κ2) is 7.21. The van der Waals surface area contributed by atoms with Gasteiger partial charge < -0.3 is 15.2 Å². The lowest BCUT2D eigenvalue weighted by atomic mass is 9.90. The van der Waals surface area contributed by atoms with Crippen molar-refractivity contribution in [3.63, 3.8) is 0 Å². The fourth-order valence-electron chi connectivity index (χ4n) is 0.856. The molecule has 3 heteroatoms. The molecule has 86 valence electrons. The van der Waals surface area contributed by atoms with Crippen molar-refractivity contribution in [3.05, 3.63) is 0 Å². The Hall–Kier alpha value is -0.120. The van der Waals surface area contributed by atoms with Crippen LogP contribution in [0, 0.1) is 5.41 Å². The SMILES string of the molecule is C[C@@H](OCCCOCCN)C(C)(C)C. The summed E-state index contributed by atoms with van der Waals surface area (Å²) >= 11 is 0. The molecule has 0 saturated heterocycles. The third-order valence-corrected chi connectivity index (χ3v) is 2.28. The van der Waals surface area contributed by atoms with Crippen LogP contribution < -0.4 is 5.73 Å². The van der Waals surface area contributed by atoms with Crippen LogP contribution in [0.3, 0.4) is 0 Å². The van der Waals surface area contributed by atoms with E-state index in [4.69, 9.17) is 15.2 Å². The summed E-state index contributed by atoms with van der Waals surface area (Å²) in [5.41, 5.74) is 5.51. The van der Waals surface area contributed by atoms with Gasteiger partial charge in [0.05, 0.1) is 12.7 Å². The molecule has 2 N–H and O–H groups in total. The Morgan fingerprint density at radius 2 is 1.79 bits per heavy atom. The second-order valence-electron chi connectivity index (χ2n) is 4.63. The van der Waals surface area contributed by atoms with E-state index in [-0.39, 0.29) is 11.5 Å². The first kappa shape index (κ1) is 13.9. The zero-order valence-corrected chi connectivity index (χ0v) is 10.0. The largest absolute Gasteiger partial charge is 0.380 e. The van der Waals surface area contributed by atoms with Crippen LogP contribution in [0.1, 0.15) is 34.1 Å². The van der Waals surface area contributed by atoms with Gasteiger partial charge in [0.15, 0.2) is 0 Å². The van der Waals surface area contributed by atoms with Gasteiger partial charge in [0, 0.05) is 19.8 Å². The predicted octanol–water partition coefficient (Wildman–Crippen LogP) is 1.80. The minimum atomic E-state index is 0.220. The van der Waals surface area contributed by atoms with E-state index >= 15 is 0 Å². The minimum Gasteiger partial charge on any atom is -0.380 e. The summed E-state index contributed by atoms with van der Waals surface area (Å²) in [5.74, 6) is 0. The molecule has 0 bridgehead atoms. The van der Waals surface area contributed by atoms with E-state index in [1.807, 2.05) is 0 Å². The highest BCUT2D eigenvalue weighted by atomic mass is 16.5. The fourth-order valence-corrected chi connectivity index (χ4v) is 0.856. The smallest absolute Gasteiger partial charge is 0.0595 e. The average Bonchev–Trinajstić information content (AvgIpc) is 2.09. The third kappa shape index (κ3) is 7.30. The summed E-state index contributed by atoms with van der Waals surface area (Å²) in [6, 6.07) is 0. The van der Waals surface area contributed by atoms with Gasteiger partial charge >= 0.3 is 0 Å². The van der Waals surface area contributed by atoms with Crippen LogP contribution in [-0.2, 0) is 9.47 Å². The first-order chi connectivity index (χ1) is 6.48. The number of hydrogen-bond acceptors (Lipinski definition) is 3. The van der Waals surface area contributed by atoms with E-state index in [1.165, 1.54) is 0 Å². The minimum absolute atomic E-state index is 0.220. The molecule has 0 spiro atoms. The molecule has 0 aromatic rings. The Kier molecular flexibility index (Phi) is 7.15. The number of hydrogen-bond donors (Lipinski definition) is 1. The van der Waals surface area contributed by atoms with Crippen LogP contribution in [0.25, 0.3) is 0 Å². The molecule has 3 nitrogen and oxygen atoms in total. The lowest BCUT2D eigenvalue weighted by Gasteiger charge is -2.27. The summed E-state index contributed by atoms with van der Waals surface area (Å²) < 4.78 is 10.9. The van der Waals surface area contributed by atoms with Crippen molar-refractivity contribution in [3.8, 4) is 0 Å². The number of nitrogens with two attached hydrogens (primary N) is 1. The number of rotatable bonds is 7. The molecule has 0 aliphatic carbocycles. The normalized spacial score (nSPS) is 14.4. The van der Waals surface area contributed by atoms with Crippen LogP contribution in [0.2, 0.25) is 0 Å². The average molecular weight is 203 g/mol. The summed E-state index contributed by atoms with van der Waals surface area (Å²) in [6.45, 7) is 11.4. The van der Waals surface area contributed by atoms with Crippen molar-refractivity contribution in [2.45, 2.75) is 40.2 Å². The first-order valence-corrected chi connectivity index (χ1v) is 5.38. The Bertz CT molecular complexity index is 132. The van der Waals surface area contributed by atoms with Gasteiger partial charge in [-0.1, -0.05) is 20.8 Å². The van der Waals surface area contributed by atoms with Crippen molar-refractivity contribution in [2.75, 3.05) is 26.4 Å². The molecular weight excluding hydrogens is 178 g/mol. The van der Waals surface area contributed by atoms with Crippen molar-refractivity contribution in [1.82, 2.24) is 0 Å². The molecule has 0 aliphatic rings. The van der Waals surface area contributed by atoms with Crippen LogP contribution in [0.4, 0.5) is 0 Å². The topological polar surface area (TPSA) is 44.5 Å². The quantitative estimate of drug-likeness (QED) is 0.642. The van der Waals surface area contributed by atoms with Gasteiger partial charge in [-0.2, -0.15) is 0 Å². The summed E-state index contributed by atoms with van der Waals surface area (Å²) in [4.78, 5) is 0. The lowest BCUT2D eigenvalue weighted by Crippen LogP contribution is -2.26. The van der Waals surface area contributed by atoms with Gasteiger partial charge in [-0.3, -0.25) is 0 Å². The van der Waals surface area contributed by atoms with E-state index in [2.05, 4.69) is 27.7 Å². The van der Waals surface area contributed by atoms with Gasteiger partial charge in [0.2, 0.25) is 0 Å². The van der Waals surface area contributed by atoms with Gasteiger partial charge in [0.25, 0.3) is 0 Å². The standard InChI is InChI=1S/C11H25NO2/c1-10(11(2,3)4)14-8-5-7-13-9-6-12/h10H,5-9,12H2,1-4H3/t10-/m1/s1. The Morgan fingerprint density at radius 1 is 1.14 bits per heavy atom. The van der Waals surface area contributed by atoms with Crippen LogP contribution >= 0.6 is 0 Å². The first-order valence-electron chi connectivity index (χ1n) is 5.38. The highest BCUT2D eigenvalue weighted by Gasteiger charge is 2.19. The molecule has 0 heterocycles. The van der Waals surface area contributed by atoms with Crippen molar-refractivity contribution in [1.29, 1.82) is 0 Å². The summed E-state index contributed by atoms with van der Waals surface area (Å²) in [6.07, 6.45) is 1.23. The highest BCUT2D eigenvalue weighted by Crippen LogP contribution is 2.21. The van der Waals surface area contributed by atoms with Crippen molar-refractivity contribution < 1.29 is 9.47 Å². The van der Waals surface area contributed by atoms with Gasteiger partial charge in [-0.15, -0.1) is 0 Å². The van der Waals surface area contributed by atoms with Gasteiger partial charge in [0.1, 0.15) is 0 Å². The molecule has 0 aliphatic heterocycles. The lowest BCUT2D eigenvalue weighted by molar-refractivity contribution is -0.0141. The van der Waals surface area contributed by atoms with Crippen LogP contribution in [-0.4, -0.2) is 32.5 Å². The molecule has 0 fully saturated rings. The molecule has 0 saturated carbocycles. The molecule has 0 unspecified atom stereocenters. The summed E-state index contributed by atoms with van der Waals surface area (Å²) in [5, 5.41) is 0. The monoisotopic (exact) mass is 203 g/mol. The number of ether oxygens (including phenoxy) is 2. The maximum absolute atomic E-state index is 5.68. The molecule has 0 aromatic carbocycles. The Morgan fingerprint density at radius 3 is 2.29 bits per heavy atom. The predicted molar refractivity (Wildman–Crippen MR) is 59.4 cm³/mol. The van der Waals surface area contributed by atoms with Crippen LogP contribution in [0.5, 0.6) is 0 Å². The molecule has 0 aromatic heterocycles. The molecule has 1 atom stereocenters. The Labute approximate surface area is 88.0 Å². The maximum Gasteiger partial charge on any atom is 0.0595 e. The molecular formula is C11H25NO2. The zero-order valence-electron chi connectivity index (χ0n) is 10.0. The highest BCUT2D eigenvalue weighted by molar-refractivity contribution is 4.69. The van der Waals surface area contributed by atoms with E-state index in [0.717, 1.165) is 19.6 Å². The van der Waals surface area contributed by atoms with E-state index < -0.39 is 0 Å². The van der Waals surface area contributed by atoms with E-state index in [1.54, 1.807) is 0 Å². The fraction of sp³-hybridized carbons (Fsp3) is 1.00. The van der Waals surface area contributed by atoms with E-state index in [9.17, 15) is 0 Å².